The van der Waals surface area contributed by atoms with E-state index in [-0.39, 0.29) is 5.60 Å². The number of rotatable bonds is 4. The quantitative estimate of drug-likeness (QED) is 0.922. The van der Waals surface area contributed by atoms with Gasteiger partial charge in [0, 0.05) is 25.8 Å². The molecule has 1 aliphatic heterocycles. The van der Waals surface area contributed by atoms with E-state index in [1.165, 1.54) is 56.2 Å². The fourth-order valence-electron chi connectivity index (χ4n) is 3.89. The second-order valence-electron chi connectivity index (χ2n) is 6.77. The third-order valence-electron chi connectivity index (χ3n) is 5.19. The average Bonchev–Trinajstić information content (AvgIpc) is 2.90. The summed E-state index contributed by atoms with van der Waals surface area (Å²) in [4.78, 5) is 2.31. The predicted molar refractivity (Wildman–Crippen MR) is 87.5 cm³/mol. The summed E-state index contributed by atoms with van der Waals surface area (Å²) in [6.45, 7) is 1.60. The van der Waals surface area contributed by atoms with Gasteiger partial charge in [-0.1, -0.05) is 31.4 Å². The summed E-state index contributed by atoms with van der Waals surface area (Å²) in [5.74, 6) is 0. The molecule has 3 heteroatoms. The number of nitrogens with two attached hydrogens (primary N) is 1. The minimum absolute atomic E-state index is 0.229. The topological polar surface area (TPSA) is 38.5 Å². The van der Waals surface area contributed by atoms with Gasteiger partial charge < -0.3 is 15.4 Å². The fraction of sp³-hybridized carbons (Fsp3) is 0.667. The number of anilines is 1. The third-order valence-corrected chi connectivity index (χ3v) is 5.19. The molecule has 1 heterocycles. The molecule has 21 heavy (non-hydrogen) atoms. The maximum Gasteiger partial charge on any atom is 0.0758 e. The lowest BCUT2D eigenvalue weighted by Crippen LogP contribution is -2.35. The molecule has 0 bridgehead atoms. The largest absolute Gasteiger partial charge is 0.372 e. The van der Waals surface area contributed by atoms with Crippen LogP contribution in [0.4, 0.5) is 5.69 Å². The summed E-state index contributed by atoms with van der Waals surface area (Å²) in [6, 6.07) is 8.55. The molecule has 1 aromatic rings. The maximum absolute atomic E-state index is 6.47. The van der Waals surface area contributed by atoms with Gasteiger partial charge in [-0.2, -0.15) is 0 Å². The van der Waals surface area contributed by atoms with Crippen molar-refractivity contribution in [2.24, 2.45) is 5.73 Å². The molecule has 2 N–H and O–H groups in total. The van der Waals surface area contributed by atoms with E-state index in [2.05, 4.69) is 36.2 Å². The first-order valence-corrected chi connectivity index (χ1v) is 8.39. The molecular weight excluding hydrogens is 260 g/mol. The van der Waals surface area contributed by atoms with Crippen LogP contribution in [-0.2, 0) is 11.3 Å². The van der Waals surface area contributed by atoms with E-state index in [0.717, 1.165) is 6.54 Å². The highest BCUT2D eigenvalue weighted by atomic mass is 16.5. The van der Waals surface area contributed by atoms with Crippen molar-refractivity contribution < 1.29 is 4.74 Å². The smallest absolute Gasteiger partial charge is 0.0758 e. The van der Waals surface area contributed by atoms with Gasteiger partial charge >= 0.3 is 0 Å². The summed E-state index contributed by atoms with van der Waals surface area (Å²) < 4.78 is 6.47. The van der Waals surface area contributed by atoms with Crippen molar-refractivity contribution in [3.05, 3.63) is 29.8 Å². The molecule has 3 rings (SSSR count). The Morgan fingerprint density at radius 3 is 2.52 bits per heavy atom. The van der Waals surface area contributed by atoms with Crippen LogP contribution in [-0.4, -0.2) is 25.3 Å². The summed E-state index contributed by atoms with van der Waals surface area (Å²) in [5.41, 5.74) is 8.32. The van der Waals surface area contributed by atoms with E-state index >= 15 is 0 Å². The van der Waals surface area contributed by atoms with E-state index in [1.54, 1.807) is 0 Å². The zero-order valence-corrected chi connectivity index (χ0v) is 13.2. The van der Waals surface area contributed by atoms with Crippen LogP contribution in [0, 0.1) is 0 Å². The molecule has 1 atom stereocenters. The van der Waals surface area contributed by atoms with Gasteiger partial charge in [-0.25, -0.2) is 0 Å². The Morgan fingerprint density at radius 1 is 1.14 bits per heavy atom. The summed E-state index contributed by atoms with van der Waals surface area (Å²) in [6.07, 6.45) is 9.51. The van der Waals surface area contributed by atoms with Gasteiger partial charge in [0.1, 0.15) is 0 Å². The third kappa shape index (κ3) is 3.41. The van der Waals surface area contributed by atoms with Crippen molar-refractivity contribution >= 4 is 5.69 Å². The normalized spacial score (nSPS) is 24.4. The van der Waals surface area contributed by atoms with Crippen molar-refractivity contribution in [2.45, 2.75) is 63.2 Å². The van der Waals surface area contributed by atoms with E-state index in [0.29, 0.717) is 12.6 Å². The summed E-state index contributed by atoms with van der Waals surface area (Å²) in [7, 11) is 2.16. The van der Waals surface area contributed by atoms with Crippen molar-refractivity contribution in [2.75, 3.05) is 18.5 Å². The minimum atomic E-state index is 0.229. The van der Waals surface area contributed by atoms with Crippen molar-refractivity contribution in [1.82, 2.24) is 0 Å². The molecule has 0 radical (unpaired) electrons. The number of benzene rings is 1. The van der Waals surface area contributed by atoms with Crippen LogP contribution in [0.1, 0.15) is 50.5 Å². The lowest BCUT2D eigenvalue weighted by molar-refractivity contribution is -0.0602. The second-order valence-corrected chi connectivity index (χ2v) is 6.77. The summed E-state index contributed by atoms with van der Waals surface area (Å²) >= 11 is 0. The maximum atomic E-state index is 6.47. The number of hydrogen-bond acceptors (Lipinski definition) is 3. The highest BCUT2D eigenvalue weighted by Crippen LogP contribution is 2.42. The van der Waals surface area contributed by atoms with Crippen LogP contribution in [0.25, 0.3) is 0 Å². The van der Waals surface area contributed by atoms with Crippen molar-refractivity contribution in [3.8, 4) is 0 Å². The highest BCUT2D eigenvalue weighted by Gasteiger charge is 2.40. The highest BCUT2D eigenvalue weighted by molar-refractivity contribution is 5.47. The van der Waals surface area contributed by atoms with Crippen LogP contribution in [0.3, 0.4) is 0 Å². The first-order chi connectivity index (χ1) is 10.2. The Bertz CT molecular complexity index is 451. The number of likely N-dealkylation sites (N-methyl/N-ethyl adjacent to an activating group) is 1. The van der Waals surface area contributed by atoms with Crippen LogP contribution >= 0.6 is 0 Å². The molecule has 3 nitrogen and oxygen atoms in total. The SMILES string of the molecule is CN(CC1CCC2(CCCCC2)O1)c1ccc(CN)cc1. The Balaban J connectivity index is 1.56. The van der Waals surface area contributed by atoms with E-state index in [9.17, 15) is 0 Å². The molecule has 1 spiro atoms. The van der Waals surface area contributed by atoms with Crippen LogP contribution < -0.4 is 10.6 Å². The van der Waals surface area contributed by atoms with Crippen LogP contribution in [0.15, 0.2) is 24.3 Å². The molecule has 2 aliphatic rings. The zero-order chi connectivity index (χ0) is 14.7. The van der Waals surface area contributed by atoms with Gasteiger partial charge in [-0.15, -0.1) is 0 Å². The van der Waals surface area contributed by atoms with Crippen molar-refractivity contribution in [3.63, 3.8) is 0 Å². The van der Waals surface area contributed by atoms with Gasteiger partial charge in [0.25, 0.3) is 0 Å². The molecule has 1 unspecified atom stereocenters. The Kier molecular flexibility index (Phi) is 4.51. The molecule has 1 aliphatic carbocycles. The lowest BCUT2D eigenvalue weighted by Gasteiger charge is -2.34. The predicted octanol–water partition coefficient (Wildman–Crippen LogP) is 3.46. The molecule has 2 fully saturated rings. The monoisotopic (exact) mass is 288 g/mol. The lowest BCUT2D eigenvalue weighted by atomic mass is 9.83. The Labute approximate surface area is 128 Å². The Morgan fingerprint density at radius 2 is 1.86 bits per heavy atom. The molecule has 0 aromatic heterocycles. The Hall–Kier alpha value is -1.06. The molecule has 116 valence electrons. The zero-order valence-electron chi connectivity index (χ0n) is 13.2. The van der Waals surface area contributed by atoms with E-state index in [1.807, 2.05) is 0 Å². The second kappa shape index (κ2) is 6.37. The van der Waals surface area contributed by atoms with Gasteiger partial charge in [-0.05, 0) is 43.4 Å². The van der Waals surface area contributed by atoms with Gasteiger partial charge in [0.05, 0.1) is 11.7 Å². The van der Waals surface area contributed by atoms with Crippen LogP contribution in [0.5, 0.6) is 0 Å². The van der Waals surface area contributed by atoms with Gasteiger partial charge in [0.15, 0.2) is 0 Å². The van der Waals surface area contributed by atoms with E-state index < -0.39 is 0 Å². The average molecular weight is 288 g/mol. The molecule has 1 saturated carbocycles. The molecular formula is C18H28N2O. The van der Waals surface area contributed by atoms with E-state index in [4.69, 9.17) is 10.5 Å². The molecule has 1 aromatic carbocycles. The van der Waals surface area contributed by atoms with Gasteiger partial charge in [0.2, 0.25) is 0 Å². The molecule has 0 amide bonds. The fourth-order valence-corrected chi connectivity index (χ4v) is 3.89. The minimum Gasteiger partial charge on any atom is -0.372 e. The van der Waals surface area contributed by atoms with Crippen molar-refractivity contribution in [1.29, 1.82) is 0 Å². The van der Waals surface area contributed by atoms with Gasteiger partial charge in [-0.3, -0.25) is 0 Å². The number of nitrogens with zero attached hydrogens (tertiary/aromatic N) is 1. The first kappa shape index (κ1) is 14.9. The van der Waals surface area contributed by atoms with Crippen LogP contribution in [0.2, 0.25) is 0 Å². The number of ether oxygens (including phenoxy) is 1. The number of hydrogen-bond donors (Lipinski definition) is 1. The standard InChI is InChI=1S/C18H28N2O/c1-20(16-7-5-15(13-19)6-8-16)14-17-9-12-18(21-17)10-3-2-4-11-18/h5-8,17H,2-4,9-14,19H2,1H3. The summed E-state index contributed by atoms with van der Waals surface area (Å²) in [5, 5.41) is 0. The first-order valence-electron chi connectivity index (χ1n) is 8.39. The molecule has 1 saturated heterocycles.